The van der Waals surface area contributed by atoms with Gasteiger partial charge in [-0.3, -0.25) is 19.5 Å². The van der Waals surface area contributed by atoms with E-state index in [0.29, 0.717) is 24.2 Å². The largest absolute Gasteiger partial charge is 0.496 e. The Morgan fingerprint density at radius 3 is 2.28 bits per heavy atom. The SMILES string of the molecule is CN=C(NCCCCN1C(=O)c2ccccc2C1=O)NCCc1ccc(C)c(OC)c1.I. The number of methoxy groups -OCH3 is 1. The van der Waals surface area contributed by atoms with Gasteiger partial charge in [0, 0.05) is 26.7 Å². The molecular weight excluding hydrogens is 519 g/mol. The van der Waals surface area contributed by atoms with Crippen molar-refractivity contribution < 1.29 is 14.3 Å². The number of amides is 2. The van der Waals surface area contributed by atoms with Crippen LogP contribution in [0.1, 0.15) is 44.7 Å². The number of unbranched alkanes of at least 4 members (excludes halogenated alkanes) is 1. The van der Waals surface area contributed by atoms with Crippen molar-refractivity contribution in [3.05, 3.63) is 64.7 Å². The summed E-state index contributed by atoms with van der Waals surface area (Å²) in [6.45, 7) is 3.92. The average Bonchev–Trinajstić information content (AvgIpc) is 3.03. The molecule has 0 unspecified atom stereocenters. The quantitative estimate of drug-likeness (QED) is 0.165. The number of hydrogen-bond donors (Lipinski definition) is 2. The van der Waals surface area contributed by atoms with E-state index in [4.69, 9.17) is 4.74 Å². The lowest BCUT2D eigenvalue weighted by atomic mass is 10.1. The molecule has 0 saturated carbocycles. The number of aryl methyl sites for hydroxylation is 1. The fraction of sp³-hybridized carbons (Fsp3) is 0.375. The van der Waals surface area contributed by atoms with Crippen molar-refractivity contribution in [3.8, 4) is 5.75 Å². The molecule has 2 amide bonds. The predicted molar refractivity (Wildman–Crippen MR) is 137 cm³/mol. The summed E-state index contributed by atoms with van der Waals surface area (Å²) in [5, 5.41) is 6.59. The summed E-state index contributed by atoms with van der Waals surface area (Å²) in [6.07, 6.45) is 2.42. The van der Waals surface area contributed by atoms with Gasteiger partial charge in [-0.05, 0) is 55.5 Å². The molecule has 3 rings (SSSR count). The van der Waals surface area contributed by atoms with Crippen LogP contribution in [0.3, 0.4) is 0 Å². The highest BCUT2D eigenvalue weighted by atomic mass is 127. The van der Waals surface area contributed by atoms with Crippen LogP contribution in [-0.2, 0) is 6.42 Å². The highest BCUT2D eigenvalue weighted by molar-refractivity contribution is 14.0. The van der Waals surface area contributed by atoms with Gasteiger partial charge in [-0.25, -0.2) is 0 Å². The van der Waals surface area contributed by atoms with Gasteiger partial charge in [0.1, 0.15) is 5.75 Å². The Hall–Kier alpha value is -2.62. The van der Waals surface area contributed by atoms with Gasteiger partial charge in [0.15, 0.2) is 5.96 Å². The first-order chi connectivity index (χ1) is 15.0. The number of hydrogen-bond acceptors (Lipinski definition) is 4. The molecule has 0 fully saturated rings. The Morgan fingerprint density at radius 2 is 1.66 bits per heavy atom. The van der Waals surface area contributed by atoms with Crippen LogP contribution in [0, 0.1) is 6.92 Å². The number of nitrogens with one attached hydrogen (secondary N) is 2. The zero-order valence-corrected chi connectivity index (χ0v) is 21.1. The number of ether oxygens (including phenoxy) is 1. The molecule has 1 aliphatic rings. The number of halogens is 1. The van der Waals surface area contributed by atoms with E-state index in [2.05, 4.69) is 33.8 Å². The number of rotatable bonds is 9. The van der Waals surface area contributed by atoms with Crippen LogP contribution in [0.2, 0.25) is 0 Å². The van der Waals surface area contributed by atoms with Crippen molar-refractivity contribution in [2.45, 2.75) is 26.2 Å². The fourth-order valence-corrected chi connectivity index (χ4v) is 3.61. The van der Waals surface area contributed by atoms with Gasteiger partial charge in [0.05, 0.1) is 18.2 Å². The zero-order chi connectivity index (χ0) is 22.2. The molecule has 0 aliphatic carbocycles. The van der Waals surface area contributed by atoms with Gasteiger partial charge in [-0.1, -0.05) is 24.3 Å². The van der Waals surface area contributed by atoms with Gasteiger partial charge >= 0.3 is 0 Å². The lowest BCUT2D eigenvalue weighted by Gasteiger charge is -2.15. The van der Waals surface area contributed by atoms with Crippen molar-refractivity contribution in [2.24, 2.45) is 4.99 Å². The molecule has 0 spiro atoms. The summed E-state index contributed by atoms with van der Waals surface area (Å²) < 4.78 is 5.38. The lowest BCUT2D eigenvalue weighted by molar-refractivity contribution is 0.0652. The van der Waals surface area contributed by atoms with Crippen LogP contribution in [0.4, 0.5) is 0 Å². The molecule has 0 atom stereocenters. The van der Waals surface area contributed by atoms with Crippen LogP contribution >= 0.6 is 24.0 Å². The third-order valence-corrected chi connectivity index (χ3v) is 5.38. The number of fused-ring (bicyclic) bond motifs is 1. The number of carbonyl (C=O) groups is 2. The van der Waals surface area contributed by atoms with E-state index in [1.165, 1.54) is 10.5 Å². The molecule has 1 heterocycles. The van der Waals surface area contributed by atoms with Crippen molar-refractivity contribution >= 4 is 41.8 Å². The minimum atomic E-state index is -0.196. The smallest absolute Gasteiger partial charge is 0.261 e. The molecule has 0 saturated heterocycles. The summed E-state index contributed by atoms with van der Waals surface area (Å²) in [7, 11) is 3.42. The van der Waals surface area contributed by atoms with E-state index in [-0.39, 0.29) is 35.8 Å². The average molecular weight is 550 g/mol. The topological polar surface area (TPSA) is 83.0 Å². The van der Waals surface area contributed by atoms with Gasteiger partial charge in [-0.2, -0.15) is 0 Å². The second-order valence-corrected chi connectivity index (χ2v) is 7.49. The maximum absolute atomic E-state index is 12.4. The third kappa shape index (κ3) is 6.21. The Labute approximate surface area is 206 Å². The second kappa shape index (κ2) is 12.4. The van der Waals surface area contributed by atoms with Crippen LogP contribution in [0.25, 0.3) is 0 Å². The number of nitrogens with zero attached hydrogens (tertiary/aromatic N) is 2. The standard InChI is InChI=1S/C24H30N4O3.HI/c1-17-10-11-18(16-21(17)31-3)12-14-27-24(25-2)26-13-6-7-15-28-22(29)19-8-4-5-9-20(19)23(28)30;/h4-5,8-11,16H,6-7,12-15H2,1-3H3,(H2,25,26,27);1H. The Balaban J connectivity index is 0.00000363. The summed E-state index contributed by atoms with van der Waals surface area (Å²) in [4.78, 5) is 30.3. The Kier molecular flexibility index (Phi) is 9.96. The van der Waals surface area contributed by atoms with Crippen molar-refractivity contribution in [3.63, 3.8) is 0 Å². The van der Waals surface area contributed by atoms with Crippen molar-refractivity contribution in [1.82, 2.24) is 15.5 Å². The monoisotopic (exact) mass is 550 g/mol. The van der Waals surface area contributed by atoms with Crippen molar-refractivity contribution in [1.29, 1.82) is 0 Å². The molecular formula is C24H31IN4O3. The van der Waals surface area contributed by atoms with Gasteiger partial charge < -0.3 is 15.4 Å². The molecule has 1 aliphatic heterocycles. The Morgan fingerprint density at radius 1 is 1.00 bits per heavy atom. The summed E-state index contributed by atoms with van der Waals surface area (Å²) >= 11 is 0. The number of imide groups is 1. The van der Waals surface area contributed by atoms with Gasteiger partial charge in [0.2, 0.25) is 0 Å². The molecule has 2 aromatic carbocycles. The molecule has 2 aromatic rings. The highest BCUT2D eigenvalue weighted by Crippen LogP contribution is 2.22. The third-order valence-electron chi connectivity index (χ3n) is 5.38. The zero-order valence-electron chi connectivity index (χ0n) is 18.8. The number of aliphatic imine (C=N–C) groups is 1. The molecule has 0 bridgehead atoms. The van der Waals surface area contributed by atoms with Crippen molar-refractivity contribution in [2.75, 3.05) is 33.8 Å². The molecule has 7 nitrogen and oxygen atoms in total. The molecule has 32 heavy (non-hydrogen) atoms. The van der Waals surface area contributed by atoms with E-state index >= 15 is 0 Å². The van der Waals surface area contributed by atoms with Gasteiger partial charge in [0.25, 0.3) is 11.8 Å². The van der Waals surface area contributed by atoms with E-state index in [1.807, 2.05) is 6.92 Å². The fourth-order valence-electron chi connectivity index (χ4n) is 3.61. The summed E-state index contributed by atoms with van der Waals surface area (Å²) in [5.74, 6) is 1.25. The first-order valence-electron chi connectivity index (χ1n) is 10.6. The highest BCUT2D eigenvalue weighted by Gasteiger charge is 2.34. The number of carbonyl (C=O) groups excluding carboxylic acids is 2. The molecule has 0 radical (unpaired) electrons. The Bertz CT molecular complexity index is 942. The summed E-state index contributed by atoms with van der Waals surface area (Å²) in [5.41, 5.74) is 3.33. The maximum atomic E-state index is 12.4. The molecule has 8 heteroatoms. The molecule has 2 N–H and O–H groups in total. The van der Waals surface area contributed by atoms with Crippen LogP contribution in [0.5, 0.6) is 5.75 Å². The normalized spacial score (nSPS) is 13.0. The first kappa shape index (κ1) is 25.6. The predicted octanol–water partition coefficient (Wildman–Crippen LogP) is 3.41. The first-order valence-corrected chi connectivity index (χ1v) is 10.6. The van der Waals surface area contributed by atoms with E-state index < -0.39 is 0 Å². The summed E-state index contributed by atoms with van der Waals surface area (Å²) in [6, 6.07) is 13.2. The van der Waals surface area contributed by atoms with Crippen LogP contribution < -0.4 is 15.4 Å². The minimum absolute atomic E-state index is 0. The van der Waals surface area contributed by atoms with Crippen LogP contribution in [-0.4, -0.2) is 56.5 Å². The number of benzene rings is 2. The molecule has 172 valence electrons. The lowest BCUT2D eigenvalue weighted by Crippen LogP contribution is -2.39. The van der Waals surface area contributed by atoms with Gasteiger partial charge in [-0.15, -0.1) is 24.0 Å². The minimum Gasteiger partial charge on any atom is -0.496 e. The molecule has 0 aromatic heterocycles. The van der Waals surface area contributed by atoms with Crippen LogP contribution in [0.15, 0.2) is 47.5 Å². The second-order valence-electron chi connectivity index (χ2n) is 7.49. The van der Waals surface area contributed by atoms with E-state index in [1.54, 1.807) is 38.4 Å². The number of guanidine groups is 1. The van der Waals surface area contributed by atoms with E-state index in [9.17, 15) is 9.59 Å². The maximum Gasteiger partial charge on any atom is 0.261 e. The van der Waals surface area contributed by atoms with E-state index in [0.717, 1.165) is 43.1 Å².